The van der Waals surface area contributed by atoms with Crippen LogP contribution in [0.15, 0.2) is 47.1 Å². The molecule has 7 atom stereocenters. The normalized spacial score (nSPS) is 27.4. The highest BCUT2D eigenvalue weighted by Crippen LogP contribution is 2.37. The Kier molecular flexibility index (Phi) is 9.77. The van der Waals surface area contributed by atoms with Gasteiger partial charge in [0.2, 0.25) is 0 Å². The number of aliphatic hydroxyl groups excluding tert-OH is 3. The molecule has 1 aliphatic heterocycles. The number of methoxy groups -OCH3 is 1. The number of benzene rings is 2. The van der Waals surface area contributed by atoms with E-state index in [1.54, 1.807) is 6.07 Å². The predicted octanol–water partition coefficient (Wildman–Crippen LogP) is 3.39. The summed E-state index contributed by atoms with van der Waals surface area (Å²) in [6, 6.07) is 9.06. The first-order chi connectivity index (χ1) is 20.6. The minimum Gasteiger partial charge on any atom is -0.394 e. The first-order valence-electron chi connectivity index (χ1n) is 13.7. The van der Waals surface area contributed by atoms with Crippen LogP contribution in [-0.2, 0) is 14.3 Å². The Morgan fingerprint density at radius 2 is 2.02 bits per heavy atom. The lowest BCUT2D eigenvalue weighted by Gasteiger charge is -2.46. The van der Waals surface area contributed by atoms with Crippen LogP contribution in [0.1, 0.15) is 37.3 Å². The number of ether oxygens (including phenoxy) is 2. The average molecular weight is 679 g/mol. The van der Waals surface area contributed by atoms with Crippen molar-refractivity contribution in [1.82, 2.24) is 15.0 Å². The molecule has 2 aliphatic rings. The molecule has 0 radical (unpaired) electrons. The van der Waals surface area contributed by atoms with Crippen molar-refractivity contribution < 1.29 is 34.0 Å². The van der Waals surface area contributed by atoms with Gasteiger partial charge in [-0.3, -0.25) is 4.79 Å². The van der Waals surface area contributed by atoms with E-state index in [1.165, 1.54) is 53.2 Å². The zero-order valence-corrected chi connectivity index (χ0v) is 25.4. The number of carbonyl (C=O) groups is 1. The molecule has 1 aromatic heterocycles. The largest absolute Gasteiger partial charge is 0.394 e. The van der Waals surface area contributed by atoms with Crippen LogP contribution in [-0.4, -0.2) is 86.5 Å². The van der Waals surface area contributed by atoms with E-state index in [-0.39, 0.29) is 10.6 Å². The number of aliphatic hydroxyl groups is 3. The summed E-state index contributed by atoms with van der Waals surface area (Å²) in [7, 11) is 1.35. The first kappa shape index (κ1) is 31.5. The summed E-state index contributed by atoms with van der Waals surface area (Å²) in [5.74, 6) is -1.11. The summed E-state index contributed by atoms with van der Waals surface area (Å²) in [5.41, 5.74) is 1.24. The fourth-order valence-electron chi connectivity index (χ4n) is 5.91. The lowest BCUT2D eigenvalue weighted by molar-refractivity contribution is -0.211. The van der Waals surface area contributed by atoms with Crippen molar-refractivity contribution in [3.63, 3.8) is 0 Å². The minimum absolute atomic E-state index is 0.221. The van der Waals surface area contributed by atoms with E-state index in [0.717, 1.165) is 12.8 Å². The number of nitriles is 1. The van der Waals surface area contributed by atoms with E-state index in [0.29, 0.717) is 34.3 Å². The SMILES string of the molecule is CO[C@@H]1[C@@H](n2cc(-c3cc(F)cc(Br)c3)nn2)[C@@H](O)[C@@H](CO)O[C@H]1C(=O)N(c1cc(Cl)cc(C#N)c1)[C@H]1CCCC[C@@H]1O. The Balaban J connectivity index is 1.56. The molecule has 2 aromatic carbocycles. The van der Waals surface area contributed by atoms with Crippen LogP contribution < -0.4 is 4.90 Å². The van der Waals surface area contributed by atoms with E-state index in [1.807, 2.05) is 6.07 Å². The molecule has 1 saturated heterocycles. The van der Waals surface area contributed by atoms with Gasteiger partial charge in [0.1, 0.15) is 35.9 Å². The smallest absolute Gasteiger partial charge is 0.259 e. The van der Waals surface area contributed by atoms with Gasteiger partial charge in [0.15, 0.2) is 6.10 Å². The second-order valence-corrected chi connectivity index (χ2v) is 12.0. The molecule has 0 unspecified atom stereocenters. The van der Waals surface area contributed by atoms with Crippen molar-refractivity contribution >= 4 is 39.1 Å². The lowest BCUT2D eigenvalue weighted by Crippen LogP contribution is -2.63. The third-order valence-electron chi connectivity index (χ3n) is 7.91. The van der Waals surface area contributed by atoms with Gasteiger partial charge in [-0.25, -0.2) is 9.07 Å². The number of carbonyl (C=O) groups excluding carboxylic acids is 1. The Morgan fingerprint density at radius 3 is 2.70 bits per heavy atom. The summed E-state index contributed by atoms with van der Waals surface area (Å²) in [4.78, 5) is 15.9. The zero-order valence-electron chi connectivity index (χ0n) is 23.1. The second kappa shape index (κ2) is 13.4. The predicted molar refractivity (Wildman–Crippen MR) is 157 cm³/mol. The molecule has 3 aromatic rings. The topological polar surface area (TPSA) is 154 Å². The molecular weight excluding hydrogens is 649 g/mol. The van der Waals surface area contributed by atoms with E-state index < -0.39 is 60.9 Å². The highest BCUT2D eigenvalue weighted by molar-refractivity contribution is 9.10. The zero-order chi connectivity index (χ0) is 30.8. The molecular formula is C29H30BrClFN5O6. The molecule has 2 fully saturated rings. The number of amides is 1. The van der Waals surface area contributed by atoms with Gasteiger partial charge >= 0.3 is 0 Å². The van der Waals surface area contributed by atoms with Crippen LogP contribution in [0, 0.1) is 17.1 Å². The number of hydrogen-bond donors (Lipinski definition) is 3. The van der Waals surface area contributed by atoms with Crippen molar-refractivity contribution in [2.45, 2.75) is 68.3 Å². The summed E-state index contributed by atoms with van der Waals surface area (Å²) in [6.07, 6.45) is -1.99. The van der Waals surface area contributed by atoms with Gasteiger partial charge in [-0.05, 0) is 49.2 Å². The van der Waals surface area contributed by atoms with Crippen molar-refractivity contribution in [1.29, 1.82) is 5.26 Å². The third-order valence-corrected chi connectivity index (χ3v) is 8.59. The van der Waals surface area contributed by atoms with Crippen LogP contribution in [0.4, 0.5) is 10.1 Å². The molecule has 1 saturated carbocycles. The molecule has 11 nitrogen and oxygen atoms in total. The van der Waals surface area contributed by atoms with Gasteiger partial charge in [-0.2, -0.15) is 5.26 Å². The van der Waals surface area contributed by atoms with Gasteiger partial charge in [-0.1, -0.05) is 45.6 Å². The van der Waals surface area contributed by atoms with Crippen LogP contribution in [0.3, 0.4) is 0 Å². The molecule has 0 spiro atoms. The van der Waals surface area contributed by atoms with Crippen molar-refractivity contribution in [3.8, 4) is 17.3 Å². The molecule has 228 valence electrons. The summed E-state index contributed by atoms with van der Waals surface area (Å²) >= 11 is 9.58. The van der Waals surface area contributed by atoms with E-state index >= 15 is 0 Å². The van der Waals surface area contributed by atoms with Gasteiger partial charge in [-0.15, -0.1) is 5.10 Å². The Labute approximate surface area is 260 Å². The first-order valence-corrected chi connectivity index (χ1v) is 14.9. The third kappa shape index (κ3) is 6.46. The molecule has 14 heteroatoms. The second-order valence-electron chi connectivity index (χ2n) is 10.6. The molecule has 0 bridgehead atoms. The fourth-order valence-corrected chi connectivity index (χ4v) is 6.60. The number of hydrogen-bond acceptors (Lipinski definition) is 9. The molecule has 2 heterocycles. The number of anilines is 1. The molecule has 43 heavy (non-hydrogen) atoms. The summed E-state index contributed by atoms with van der Waals surface area (Å²) < 4.78 is 27.6. The summed E-state index contributed by atoms with van der Waals surface area (Å²) in [5, 5.41) is 50.5. The Hall–Kier alpha value is -2.96. The van der Waals surface area contributed by atoms with E-state index in [4.69, 9.17) is 21.1 Å². The minimum atomic E-state index is -1.38. The maximum atomic E-state index is 14.5. The van der Waals surface area contributed by atoms with Crippen molar-refractivity contribution in [2.75, 3.05) is 18.6 Å². The van der Waals surface area contributed by atoms with E-state index in [9.17, 15) is 29.8 Å². The highest BCUT2D eigenvalue weighted by atomic mass is 79.9. The molecule has 1 amide bonds. The van der Waals surface area contributed by atoms with Crippen LogP contribution in [0.25, 0.3) is 11.3 Å². The molecule has 1 aliphatic carbocycles. The quantitative estimate of drug-likeness (QED) is 0.341. The van der Waals surface area contributed by atoms with Gasteiger partial charge < -0.3 is 29.7 Å². The fraction of sp³-hybridized carbons (Fsp3) is 0.448. The van der Waals surface area contributed by atoms with Crippen LogP contribution in [0.5, 0.6) is 0 Å². The number of nitrogens with zero attached hydrogens (tertiary/aromatic N) is 5. The number of aromatic nitrogens is 3. The van der Waals surface area contributed by atoms with Gasteiger partial charge in [0, 0.05) is 27.9 Å². The number of halogens is 3. The molecule has 5 rings (SSSR count). The number of rotatable bonds is 7. The van der Waals surface area contributed by atoms with Gasteiger partial charge in [0.05, 0.1) is 36.6 Å². The lowest BCUT2D eigenvalue weighted by atomic mass is 9.88. The monoisotopic (exact) mass is 677 g/mol. The van der Waals surface area contributed by atoms with Crippen LogP contribution in [0.2, 0.25) is 5.02 Å². The standard InChI is InChI=1S/C29H30BrClFN5O6/c1-42-27-25(36-13-21(34-35-36)16-8-17(30)10-19(32)9-16)26(40)24(14-38)43-28(27)29(41)37(22-4-2-3-5-23(22)39)20-7-15(12-33)6-18(31)11-20/h6-11,13,22-28,38-40H,2-5,14H2,1H3/t22-,23-,24+,25-,26-,27+,28+/m0/s1. The van der Waals surface area contributed by atoms with Crippen molar-refractivity contribution in [3.05, 3.63) is 63.5 Å². The summed E-state index contributed by atoms with van der Waals surface area (Å²) in [6.45, 7) is -0.627. The molecule has 3 N–H and O–H groups in total. The van der Waals surface area contributed by atoms with Gasteiger partial charge in [0.25, 0.3) is 5.91 Å². The Morgan fingerprint density at radius 1 is 1.26 bits per heavy atom. The maximum absolute atomic E-state index is 14.5. The van der Waals surface area contributed by atoms with Crippen molar-refractivity contribution in [2.24, 2.45) is 0 Å². The van der Waals surface area contributed by atoms with E-state index in [2.05, 4.69) is 26.2 Å². The Bertz CT molecular complexity index is 1500. The maximum Gasteiger partial charge on any atom is 0.259 e. The average Bonchev–Trinajstić information content (AvgIpc) is 3.47. The highest BCUT2D eigenvalue weighted by Gasteiger charge is 2.52. The van der Waals surface area contributed by atoms with Crippen LogP contribution >= 0.6 is 27.5 Å².